The standard InChI is InChI=1S/C15H19NO4/c1-9-2-3-11-7-16(5-4-10(11)6-9)15-14(19)13(18)12(8-17)20-15/h2-6,12-15,17-19H,7-8H2,1H3/t12-,13+,14+,15-/m1/s1. The van der Waals surface area contributed by atoms with Crippen LogP contribution in [0.3, 0.4) is 0 Å². The van der Waals surface area contributed by atoms with Crippen molar-refractivity contribution in [3.8, 4) is 0 Å². The van der Waals surface area contributed by atoms with E-state index in [1.165, 1.54) is 5.56 Å². The zero-order chi connectivity index (χ0) is 14.3. The summed E-state index contributed by atoms with van der Waals surface area (Å²) in [5.41, 5.74) is 3.51. The van der Waals surface area contributed by atoms with E-state index in [1.54, 1.807) is 0 Å². The van der Waals surface area contributed by atoms with Crippen LogP contribution in [0, 0.1) is 6.92 Å². The average molecular weight is 277 g/mol. The van der Waals surface area contributed by atoms with Crippen LogP contribution in [0.15, 0.2) is 24.4 Å². The first-order valence-electron chi connectivity index (χ1n) is 6.76. The molecule has 5 nitrogen and oxygen atoms in total. The zero-order valence-electron chi connectivity index (χ0n) is 11.3. The van der Waals surface area contributed by atoms with Gasteiger partial charge in [-0.3, -0.25) is 0 Å². The Kier molecular flexibility index (Phi) is 3.52. The van der Waals surface area contributed by atoms with Crippen molar-refractivity contribution in [2.24, 2.45) is 0 Å². The molecule has 4 atom stereocenters. The van der Waals surface area contributed by atoms with Gasteiger partial charge in [0, 0.05) is 12.7 Å². The molecule has 1 saturated heterocycles. The van der Waals surface area contributed by atoms with Gasteiger partial charge in [0.2, 0.25) is 0 Å². The summed E-state index contributed by atoms with van der Waals surface area (Å²) in [5.74, 6) is 0. The minimum atomic E-state index is -1.06. The SMILES string of the molecule is Cc1ccc2c(c1)C=CN([C@@H]1O[C@H](CO)[C@H](O)[C@@H]1O)C2. The van der Waals surface area contributed by atoms with Crippen LogP contribution < -0.4 is 0 Å². The highest BCUT2D eigenvalue weighted by Crippen LogP contribution is 2.29. The highest BCUT2D eigenvalue weighted by Gasteiger charge is 2.44. The van der Waals surface area contributed by atoms with Gasteiger partial charge in [0.1, 0.15) is 18.3 Å². The van der Waals surface area contributed by atoms with Crippen LogP contribution in [0.1, 0.15) is 16.7 Å². The molecule has 2 aliphatic rings. The molecule has 0 unspecified atom stereocenters. The van der Waals surface area contributed by atoms with Crippen LogP contribution in [0.2, 0.25) is 0 Å². The molecule has 108 valence electrons. The molecule has 0 aromatic heterocycles. The molecule has 2 aliphatic heterocycles. The van der Waals surface area contributed by atoms with Crippen molar-refractivity contribution in [2.45, 2.75) is 38.0 Å². The van der Waals surface area contributed by atoms with Crippen molar-refractivity contribution in [1.82, 2.24) is 4.90 Å². The van der Waals surface area contributed by atoms with E-state index in [0.717, 1.165) is 11.1 Å². The van der Waals surface area contributed by atoms with Crippen molar-refractivity contribution < 1.29 is 20.1 Å². The minimum Gasteiger partial charge on any atom is -0.394 e. The molecule has 3 N–H and O–H groups in total. The summed E-state index contributed by atoms with van der Waals surface area (Å²) in [6, 6.07) is 6.22. The van der Waals surface area contributed by atoms with Crippen molar-refractivity contribution in [1.29, 1.82) is 0 Å². The predicted molar refractivity (Wildman–Crippen MR) is 73.5 cm³/mol. The normalized spacial score (nSPS) is 32.5. The fraction of sp³-hybridized carbons (Fsp3) is 0.467. The summed E-state index contributed by atoms with van der Waals surface area (Å²) in [5, 5.41) is 29.0. The Balaban J connectivity index is 1.80. The molecule has 0 amide bonds. The van der Waals surface area contributed by atoms with Crippen molar-refractivity contribution in [3.05, 3.63) is 41.1 Å². The van der Waals surface area contributed by atoms with Gasteiger partial charge in [-0.15, -0.1) is 0 Å². The predicted octanol–water partition coefficient (Wildman–Crippen LogP) is 0.220. The van der Waals surface area contributed by atoms with E-state index in [2.05, 4.69) is 12.1 Å². The molecule has 3 rings (SSSR count). The number of nitrogens with zero attached hydrogens (tertiary/aromatic N) is 1. The summed E-state index contributed by atoms with van der Waals surface area (Å²) in [6.45, 7) is 2.35. The van der Waals surface area contributed by atoms with Crippen LogP contribution in [-0.2, 0) is 11.3 Å². The number of aliphatic hydroxyl groups excluding tert-OH is 3. The molecule has 20 heavy (non-hydrogen) atoms. The number of fused-ring (bicyclic) bond motifs is 1. The molecule has 5 heteroatoms. The van der Waals surface area contributed by atoms with Gasteiger partial charge in [0.25, 0.3) is 0 Å². The third kappa shape index (κ3) is 2.23. The first-order valence-corrected chi connectivity index (χ1v) is 6.76. The molecule has 0 bridgehead atoms. The van der Waals surface area contributed by atoms with Crippen molar-refractivity contribution >= 4 is 6.08 Å². The van der Waals surface area contributed by atoms with Gasteiger partial charge in [-0.05, 0) is 24.1 Å². The molecule has 0 aliphatic carbocycles. The Morgan fingerprint density at radius 1 is 1.30 bits per heavy atom. The van der Waals surface area contributed by atoms with E-state index in [1.807, 2.05) is 30.2 Å². The first-order chi connectivity index (χ1) is 9.60. The van der Waals surface area contributed by atoms with E-state index < -0.39 is 24.5 Å². The van der Waals surface area contributed by atoms with Gasteiger partial charge < -0.3 is 25.0 Å². The van der Waals surface area contributed by atoms with E-state index in [9.17, 15) is 10.2 Å². The van der Waals surface area contributed by atoms with Crippen LogP contribution in [0.25, 0.3) is 6.08 Å². The van der Waals surface area contributed by atoms with Crippen LogP contribution >= 0.6 is 0 Å². The maximum absolute atomic E-state index is 10.0. The van der Waals surface area contributed by atoms with Crippen LogP contribution in [0.4, 0.5) is 0 Å². The highest BCUT2D eigenvalue weighted by atomic mass is 16.6. The van der Waals surface area contributed by atoms with Gasteiger partial charge >= 0.3 is 0 Å². The fourth-order valence-electron chi connectivity index (χ4n) is 2.77. The lowest BCUT2D eigenvalue weighted by Crippen LogP contribution is -2.41. The van der Waals surface area contributed by atoms with Gasteiger partial charge in [-0.2, -0.15) is 0 Å². The van der Waals surface area contributed by atoms with Crippen molar-refractivity contribution in [2.75, 3.05) is 6.61 Å². The number of ether oxygens (including phenoxy) is 1. The molecule has 1 aromatic carbocycles. The maximum Gasteiger partial charge on any atom is 0.159 e. The number of benzene rings is 1. The number of aryl methyl sites for hydroxylation is 1. The Hall–Kier alpha value is -1.40. The Morgan fingerprint density at radius 3 is 2.80 bits per heavy atom. The molecule has 2 heterocycles. The van der Waals surface area contributed by atoms with Gasteiger partial charge in [0.15, 0.2) is 6.23 Å². The maximum atomic E-state index is 10.0. The molecule has 0 saturated carbocycles. The van der Waals surface area contributed by atoms with E-state index in [-0.39, 0.29) is 6.61 Å². The van der Waals surface area contributed by atoms with Gasteiger partial charge in [-0.1, -0.05) is 23.8 Å². The number of aliphatic hydroxyl groups is 3. The Bertz CT molecular complexity index is 531. The highest BCUT2D eigenvalue weighted by molar-refractivity contribution is 5.56. The van der Waals surface area contributed by atoms with E-state index in [0.29, 0.717) is 6.54 Å². The third-order valence-electron chi connectivity index (χ3n) is 3.94. The molecule has 1 aromatic rings. The van der Waals surface area contributed by atoms with Gasteiger partial charge in [-0.25, -0.2) is 0 Å². The number of hydrogen-bond donors (Lipinski definition) is 3. The minimum absolute atomic E-state index is 0.304. The monoisotopic (exact) mass is 277 g/mol. The molecular formula is C15H19NO4. The summed E-state index contributed by atoms with van der Waals surface area (Å²) in [7, 11) is 0. The molecule has 0 radical (unpaired) electrons. The van der Waals surface area contributed by atoms with E-state index >= 15 is 0 Å². The van der Waals surface area contributed by atoms with Crippen LogP contribution in [0.5, 0.6) is 0 Å². The lowest BCUT2D eigenvalue weighted by atomic mass is 10.0. The van der Waals surface area contributed by atoms with E-state index in [4.69, 9.17) is 9.84 Å². The average Bonchev–Trinajstić information content (AvgIpc) is 2.74. The summed E-state index contributed by atoms with van der Waals surface area (Å²) < 4.78 is 5.54. The second-order valence-electron chi connectivity index (χ2n) is 5.42. The largest absolute Gasteiger partial charge is 0.394 e. The number of hydrogen-bond acceptors (Lipinski definition) is 5. The Morgan fingerprint density at radius 2 is 2.10 bits per heavy atom. The zero-order valence-corrected chi connectivity index (χ0v) is 11.3. The van der Waals surface area contributed by atoms with Crippen LogP contribution in [-0.4, -0.2) is 51.4 Å². The summed E-state index contributed by atoms with van der Waals surface area (Å²) in [6.07, 6.45) is 0.389. The molecular weight excluding hydrogens is 258 g/mol. The summed E-state index contributed by atoms with van der Waals surface area (Å²) in [4.78, 5) is 1.85. The topological polar surface area (TPSA) is 73.2 Å². The lowest BCUT2D eigenvalue weighted by molar-refractivity contribution is -0.0826. The molecule has 0 spiro atoms. The quantitative estimate of drug-likeness (QED) is 0.721. The number of rotatable bonds is 2. The first kappa shape index (κ1) is 13.6. The fourth-order valence-corrected chi connectivity index (χ4v) is 2.77. The summed E-state index contributed by atoms with van der Waals surface area (Å²) >= 11 is 0. The molecule has 1 fully saturated rings. The lowest BCUT2D eigenvalue weighted by Gasteiger charge is -2.32. The second-order valence-corrected chi connectivity index (χ2v) is 5.42. The smallest absolute Gasteiger partial charge is 0.159 e. The van der Waals surface area contributed by atoms with Crippen molar-refractivity contribution in [3.63, 3.8) is 0 Å². The third-order valence-corrected chi connectivity index (χ3v) is 3.94. The van der Waals surface area contributed by atoms with Gasteiger partial charge in [0.05, 0.1) is 6.61 Å². The second kappa shape index (κ2) is 5.18. The Labute approximate surface area is 117 Å².